The summed E-state index contributed by atoms with van der Waals surface area (Å²) in [5.74, 6) is 0.00661. The van der Waals surface area contributed by atoms with E-state index in [4.69, 9.17) is 0 Å². The molecule has 2 fully saturated rings. The van der Waals surface area contributed by atoms with Gasteiger partial charge in [-0.15, -0.1) is 24.8 Å². The van der Waals surface area contributed by atoms with Crippen molar-refractivity contribution >= 4 is 40.7 Å². The molecule has 0 radical (unpaired) electrons. The molecule has 3 rings (SSSR count). The summed E-state index contributed by atoms with van der Waals surface area (Å²) in [5, 5.41) is 13.5. The van der Waals surface area contributed by atoms with Crippen LogP contribution < -0.4 is 5.32 Å². The summed E-state index contributed by atoms with van der Waals surface area (Å²) in [4.78, 5) is 2.37. The first kappa shape index (κ1) is 20.0. The van der Waals surface area contributed by atoms with Gasteiger partial charge in [-0.2, -0.15) is 0 Å². The van der Waals surface area contributed by atoms with Gasteiger partial charge in [0.25, 0.3) is 0 Å². The topological polar surface area (TPSA) is 35.5 Å². The first-order valence-electron chi connectivity index (χ1n) is 7.28. The van der Waals surface area contributed by atoms with Crippen molar-refractivity contribution in [3.05, 3.63) is 28.0 Å². The van der Waals surface area contributed by atoms with Crippen LogP contribution in [0.4, 0.5) is 4.39 Å². The second-order valence-corrected chi connectivity index (χ2v) is 6.63. The molecular weight excluding hydrogens is 394 g/mol. The molecular formula is C15H22BrCl2FN2O. The fraction of sp³-hybridized carbons (Fsp3) is 0.600. The first-order valence-corrected chi connectivity index (χ1v) is 8.07. The average Bonchev–Trinajstić information content (AvgIpc) is 3.27. The van der Waals surface area contributed by atoms with Gasteiger partial charge in [-0.3, -0.25) is 4.90 Å². The Morgan fingerprint density at radius 2 is 1.91 bits per heavy atom. The quantitative estimate of drug-likeness (QED) is 0.783. The Balaban J connectivity index is 0.00000121. The lowest BCUT2D eigenvalue weighted by atomic mass is 9.97. The van der Waals surface area contributed by atoms with Gasteiger partial charge in [-0.05, 0) is 24.5 Å². The van der Waals surface area contributed by atoms with Crippen molar-refractivity contribution in [1.29, 1.82) is 0 Å². The number of nitrogens with zero attached hydrogens (tertiary/aromatic N) is 1. The number of rotatable bonds is 4. The molecule has 22 heavy (non-hydrogen) atoms. The number of halogens is 4. The Morgan fingerprint density at radius 1 is 1.27 bits per heavy atom. The molecule has 1 aromatic rings. The van der Waals surface area contributed by atoms with E-state index in [1.165, 1.54) is 18.9 Å². The molecule has 1 atom stereocenters. The van der Waals surface area contributed by atoms with Crippen molar-refractivity contribution < 1.29 is 9.50 Å². The Labute approximate surface area is 151 Å². The van der Waals surface area contributed by atoms with Gasteiger partial charge >= 0.3 is 0 Å². The summed E-state index contributed by atoms with van der Waals surface area (Å²) < 4.78 is 14.5. The maximum atomic E-state index is 13.7. The highest BCUT2D eigenvalue weighted by Gasteiger charge is 2.33. The highest BCUT2D eigenvalue weighted by Crippen LogP contribution is 2.45. The molecule has 0 amide bonds. The molecule has 1 saturated heterocycles. The number of hydrogen-bond acceptors (Lipinski definition) is 3. The van der Waals surface area contributed by atoms with Gasteiger partial charge in [0.05, 0.1) is 0 Å². The predicted octanol–water partition coefficient (Wildman–Crippen LogP) is 3.88. The Bertz CT molecular complexity index is 497. The van der Waals surface area contributed by atoms with E-state index in [2.05, 4.69) is 26.1 Å². The zero-order valence-electron chi connectivity index (χ0n) is 12.2. The van der Waals surface area contributed by atoms with Gasteiger partial charge in [-0.25, -0.2) is 4.39 Å². The van der Waals surface area contributed by atoms with Gasteiger partial charge in [0, 0.05) is 42.3 Å². The number of nitrogens with one attached hydrogen (secondary N) is 1. The Kier molecular flexibility index (Phi) is 7.89. The first-order chi connectivity index (χ1) is 9.66. The van der Waals surface area contributed by atoms with Crippen molar-refractivity contribution in [2.24, 2.45) is 5.92 Å². The van der Waals surface area contributed by atoms with E-state index in [-0.39, 0.29) is 36.6 Å². The Hall–Kier alpha value is -0.0700. The van der Waals surface area contributed by atoms with E-state index < -0.39 is 5.82 Å². The molecule has 1 heterocycles. The third-order valence-electron chi connectivity index (χ3n) is 4.29. The second kappa shape index (κ2) is 8.69. The fourth-order valence-corrected chi connectivity index (χ4v) is 3.57. The van der Waals surface area contributed by atoms with Crippen molar-refractivity contribution in [2.45, 2.75) is 25.3 Å². The SMILES string of the molecule is Cl.Cl.Oc1c(F)ccc(Br)c1[C@H](CC1CC1)N1CCNCC1. The van der Waals surface area contributed by atoms with Crippen LogP contribution in [0, 0.1) is 11.7 Å². The molecule has 3 nitrogen and oxygen atoms in total. The van der Waals surface area contributed by atoms with E-state index in [9.17, 15) is 9.50 Å². The largest absolute Gasteiger partial charge is 0.505 e. The van der Waals surface area contributed by atoms with Gasteiger partial charge in [0.15, 0.2) is 11.6 Å². The lowest BCUT2D eigenvalue weighted by molar-refractivity contribution is 0.157. The van der Waals surface area contributed by atoms with Crippen LogP contribution in [0.1, 0.15) is 30.9 Å². The van der Waals surface area contributed by atoms with Gasteiger partial charge in [0.1, 0.15) is 0 Å². The third-order valence-corrected chi connectivity index (χ3v) is 4.99. The maximum Gasteiger partial charge on any atom is 0.165 e. The van der Waals surface area contributed by atoms with Gasteiger partial charge in [-0.1, -0.05) is 28.8 Å². The van der Waals surface area contributed by atoms with Crippen LogP contribution in [-0.4, -0.2) is 36.2 Å². The smallest absolute Gasteiger partial charge is 0.165 e. The number of piperazine rings is 1. The minimum absolute atomic E-state index is 0. The molecule has 0 unspecified atom stereocenters. The van der Waals surface area contributed by atoms with Crippen molar-refractivity contribution in [3.8, 4) is 5.75 Å². The van der Waals surface area contributed by atoms with E-state index in [1.807, 2.05) is 0 Å². The Morgan fingerprint density at radius 3 is 2.50 bits per heavy atom. The van der Waals surface area contributed by atoms with Crippen LogP contribution in [0.5, 0.6) is 5.75 Å². The lowest BCUT2D eigenvalue weighted by Crippen LogP contribution is -2.45. The zero-order chi connectivity index (χ0) is 14.1. The maximum absolute atomic E-state index is 13.7. The summed E-state index contributed by atoms with van der Waals surface area (Å²) in [7, 11) is 0. The molecule has 1 saturated carbocycles. The summed E-state index contributed by atoms with van der Waals surface area (Å²) in [6.07, 6.45) is 3.53. The van der Waals surface area contributed by atoms with Gasteiger partial charge in [0.2, 0.25) is 0 Å². The van der Waals surface area contributed by atoms with Crippen LogP contribution in [0.25, 0.3) is 0 Å². The number of phenols is 1. The lowest BCUT2D eigenvalue weighted by Gasteiger charge is -2.36. The van der Waals surface area contributed by atoms with Gasteiger partial charge < -0.3 is 10.4 Å². The highest BCUT2D eigenvalue weighted by atomic mass is 79.9. The van der Waals surface area contributed by atoms with Crippen molar-refractivity contribution in [2.75, 3.05) is 26.2 Å². The number of phenolic OH excluding ortho intramolecular Hbond substituents is 1. The molecule has 126 valence electrons. The third kappa shape index (κ3) is 4.48. The summed E-state index contributed by atoms with van der Waals surface area (Å²) in [6, 6.07) is 3.12. The number of hydrogen-bond donors (Lipinski definition) is 2. The average molecular weight is 416 g/mol. The minimum Gasteiger partial charge on any atom is -0.505 e. The number of aromatic hydroxyl groups is 1. The zero-order valence-corrected chi connectivity index (χ0v) is 15.4. The molecule has 1 aromatic carbocycles. The second-order valence-electron chi connectivity index (χ2n) is 5.77. The van der Waals surface area contributed by atoms with Crippen LogP contribution in [0.2, 0.25) is 0 Å². The summed E-state index contributed by atoms with van der Waals surface area (Å²) in [6.45, 7) is 3.79. The predicted molar refractivity (Wildman–Crippen MR) is 94.8 cm³/mol. The molecule has 0 bridgehead atoms. The van der Waals surface area contributed by atoms with Crippen LogP contribution in [0.15, 0.2) is 16.6 Å². The summed E-state index contributed by atoms with van der Waals surface area (Å²) in [5.41, 5.74) is 0.721. The molecule has 7 heteroatoms. The molecule has 0 aromatic heterocycles. The standard InChI is InChI=1S/C15H20BrFN2O.2ClH/c16-11-3-4-12(17)15(20)14(11)13(9-10-1-2-10)19-7-5-18-6-8-19;;/h3-4,10,13,18,20H,1-2,5-9H2;2*1H/t13-;;/m0../s1. The molecule has 0 spiro atoms. The normalized spacial score (nSPS) is 19.9. The minimum atomic E-state index is -0.529. The van der Waals surface area contributed by atoms with Crippen LogP contribution in [0.3, 0.4) is 0 Å². The monoisotopic (exact) mass is 414 g/mol. The van der Waals surface area contributed by atoms with E-state index >= 15 is 0 Å². The van der Waals surface area contributed by atoms with E-state index in [0.29, 0.717) is 0 Å². The fourth-order valence-electron chi connectivity index (χ4n) is 2.99. The van der Waals surface area contributed by atoms with E-state index in [1.54, 1.807) is 6.07 Å². The highest BCUT2D eigenvalue weighted by molar-refractivity contribution is 9.10. The van der Waals surface area contributed by atoms with Crippen molar-refractivity contribution in [3.63, 3.8) is 0 Å². The molecule has 2 N–H and O–H groups in total. The van der Waals surface area contributed by atoms with Crippen molar-refractivity contribution in [1.82, 2.24) is 10.2 Å². The summed E-state index contributed by atoms with van der Waals surface area (Å²) >= 11 is 3.49. The number of benzene rings is 1. The van der Waals surface area contributed by atoms with Crippen LogP contribution in [-0.2, 0) is 0 Å². The molecule has 1 aliphatic carbocycles. The molecule has 2 aliphatic rings. The van der Waals surface area contributed by atoms with E-state index in [0.717, 1.165) is 48.6 Å². The van der Waals surface area contributed by atoms with Crippen LogP contribution >= 0.6 is 40.7 Å². The molecule has 1 aliphatic heterocycles.